The minimum absolute atomic E-state index is 0.0334. The monoisotopic (exact) mass is 474 g/mol. The van der Waals surface area contributed by atoms with Crippen molar-refractivity contribution in [1.82, 2.24) is 9.88 Å². The molecular formula is C29H31FN2O3. The molecule has 1 aliphatic heterocycles. The molecular weight excluding hydrogens is 443 g/mol. The molecule has 5 atom stereocenters. The summed E-state index contributed by atoms with van der Waals surface area (Å²) >= 11 is 0. The molecule has 3 aliphatic carbocycles. The van der Waals surface area contributed by atoms with E-state index in [2.05, 4.69) is 24.1 Å². The van der Waals surface area contributed by atoms with Gasteiger partial charge in [-0.25, -0.2) is 9.18 Å². The number of carboxylic acid groups (broad SMARTS) is 1. The van der Waals surface area contributed by atoms with Crippen LogP contribution in [0.25, 0.3) is 5.57 Å². The number of carbonyl (C=O) groups is 2. The van der Waals surface area contributed by atoms with Gasteiger partial charge in [-0.1, -0.05) is 19.1 Å². The highest BCUT2D eigenvalue weighted by Gasteiger charge is 2.52. The lowest BCUT2D eigenvalue weighted by Gasteiger charge is -2.50. The minimum atomic E-state index is -0.916. The van der Waals surface area contributed by atoms with Gasteiger partial charge in [0.05, 0.1) is 6.20 Å². The SMILES string of the molecule is C[C@]12CCC3c4ccc(C(=O)N5CCC[C@@H]5C(=O)O)cc4CCC3C1CC=C2c1cncc(F)c1. The van der Waals surface area contributed by atoms with Crippen LogP contribution < -0.4 is 0 Å². The average molecular weight is 475 g/mol. The maximum Gasteiger partial charge on any atom is 0.326 e. The first-order valence-electron chi connectivity index (χ1n) is 12.8. The van der Waals surface area contributed by atoms with Crippen molar-refractivity contribution in [2.24, 2.45) is 17.3 Å². The van der Waals surface area contributed by atoms with Crippen LogP contribution in [0, 0.1) is 23.1 Å². The highest BCUT2D eigenvalue weighted by Crippen LogP contribution is 2.63. The Morgan fingerprint density at radius 2 is 2.03 bits per heavy atom. The zero-order valence-electron chi connectivity index (χ0n) is 20.0. The number of nitrogens with zero attached hydrogens (tertiary/aromatic N) is 2. The number of carboxylic acids is 1. The highest BCUT2D eigenvalue weighted by atomic mass is 19.1. The van der Waals surface area contributed by atoms with Gasteiger partial charge in [-0.3, -0.25) is 9.78 Å². The van der Waals surface area contributed by atoms with E-state index in [-0.39, 0.29) is 17.1 Å². The number of pyridine rings is 1. The van der Waals surface area contributed by atoms with Gasteiger partial charge in [-0.15, -0.1) is 0 Å². The molecule has 182 valence electrons. The summed E-state index contributed by atoms with van der Waals surface area (Å²) in [4.78, 5) is 30.3. The average Bonchev–Trinajstić information content (AvgIpc) is 3.48. The molecule has 2 fully saturated rings. The van der Waals surface area contributed by atoms with Gasteiger partial charge in [0.1, 0.15) is 11.9 Å². The summed E-state index contributed by atoms with van der Waals surface area (Å²) in [6.07, 6.45) is 11.8. The first-order valence-corrected chi connectivity index (χ1v) is 12.8. The van der Waals surface area contributed by atoms with Crippen LogP contribution in [0.15, 0.2) is 42.7 Å². The smallest absolute Gasteiger partial charge is 0.326 e. The summed E-state index contributed by atoms with van der Waals surface area (Å²) in [5, 5.41) is 9.48. The fraction of sp³-hybridized carbons (Fsp3) is 0.483. The van der Waals surface area contributed by atoms with Gasteiger partial charge in [-0.05, 0) is 109 Å². The molecule has 1 amide bonds. The van der Waals surface area contributed by atoms with Gasteiger partial charge < -0.3 is 10.0 Å². The van der Waals surface area contributed by atoms with Crippen LogP contribution in [0.2, 0.25) is 0 Å². The number of benzene rings is 1. The summed E-state index contributed by atoms with van der Waals surface area (Å²) in [6, 6.07) is 6.97. The van der Waals surface area contributed by atoms with Gasteiger partial charge in [0.25, 0.3) is 5.91 Å². The van der Waals surface area contributed by atoms with E-state index >= 15 is 0 Å². The molecule has 5 nitrogen and oxygen atoms in total. The molecule has 2 heterocycles. The van der Waals surface area contributed by atoms with Crippen molar-refractivity contribution in [2.75, 3.05) is 6.54 Å². The van der Waals surface area contributed by atoms with Crippen molar-refractivity contribution in [3.8, 4) is 0 Å². The maximum atomic E-state index is 13.9. The van der Waals surface area contributed by atoms with Crippen LogP contribution >= 0.6 is 0 Å². The summed E-state index contributed by atoms with van der Waals surface area (Å²) in [7, 11) is 0. The molecule has 0 spiro atoms. The molecule has 3 unspecified atom stereocenters. The van der Waals surface area contributed by atoms with Crippen molar-refractivity contribution >= 4 is 17.4 Å². The van der Waals surface area contributed by atoms with Crippen molar-refractivity contribution in [3.63, 3.8) is 0 Å². The van der Waals surface area contributed by atoms with Crippen LogP contribution in [-0.2, 0) is 11.2 Å². The number of aliphatic carboxylic acids is 1. The molecule has 6 rings (SSSR count). The Hall–Kier alpha value is -3.02. The van der Waals surface area contributed by atoms with Crippen molar-refractivity contribution < 1.29 is 19.1 Å². The Labute approximate surface area is 205 Å². The van der Waals surface area contributed by atoms with Crippen LogP contribution in [0.1, 0.15) is 78.4 Å². The molecule has 0 radical (unpaired) electrons. The number of hydrogen-bond donors (Lipinski definition) is 1. The van der Waals surface area contributed by atoms with Gasteiger partial charge in [0.2, 0.25) is 0 Å². The molecule has 2 aromatic rings. The van der Waals surface area contributed by atoms with Crippen LogP contribution in [0.4, 0.5) is 4.39 Å². The number of halogens is 1. The number of carbonyl (C=O) groups excluding carboxylic acids is 1. The van der Waals surface area contributed by atoms with Gasteiger partial charge in [0.15, 0.2) is 0 Å². The Bertz CT molecular complexity index is 1240. The Morgan fingerprint density at radius 3 is 2.83 bits per heavy atom. The lowest BCUT2D eigenvalue weighted by molar-refractivity contribution is -0.141. The second kappa shape index (κ2) is 8.28. The number of aromatic nitrogens is 1. The third-order valence-electron chi connectivity index (χ3n) is 9.37. The first-order chi connectivity index (χ1) is 16.9. The van der Waals surface area contributed by atoms with Crippen molar-refractivity contribution in [1.29, 1.82) is 0 Å². The topological polar surface area (TPSA) is 70.5 Å². The molecule has 6 heteroatoms. The number of fused-ring (bicyclic) bond motifs is 5. The fourth-order valence-corrected chi connectivity index (χ4v) is 7.72. The van der Waals surface area contributed by atoms with Crippen molar-refractivity contribution in [2.45, 2.75) is 63.8 Å². The van der Waals surface area contributed by atoms with Gasteiger partial charge in [0, 0.05) is 18.3 Å². The van der Waals surface area contributed by atoms with E-state index in [1.165, 1.54) is 27.8 Å². The summed E-state index contributed by atoms with van der Waals surface area (Å²) in [5.74, 6) is 0.190. The number of likely N-dealkylation sites (tertiary alicyclic amines) is 1. The Balaban J connectivity index is 1.25. The molecule has 4 aliphatic rings. The zero-order chi connectivity index (χ0) is 24.3. The molecule has 1 saturated heterocycles. The van der Waals surface area contributed by atoms with Crippen LogP contribution in [0.5, 0.6) is 0 Å². The lowest BCUT2D eigenvalue weighted by atomic mass is 9.54. The van der Waals surface area contributed by atoms with E-state index in [9.17, 15) is 19.1 Å². The fourth-order valence-electron chi connectivity index (χ4n) is 7.72. The quantitative estimate of drug-likeness (QED) is 0.641. The largest absolute Gasteiger partial charge is 0.480 e. The summed E-state index contributed by atoms with van der Waals surface area (Å²) in [6.45, 7) is 2.86. The molecule has 1 saturated carbocycles. The normalized spacial score (nSPS) is 31.4. The minimum Gasteiger partial charge on any atom is -0.480 e. The molecule has 0 bridgehead atoms. The summed E-state index contributed by atoms with van der Waals surface area (Å²) < 4.78 is 13.9. The number of rotatable bonds is 3. The predicted octanol–water partition coefficient (Wildman–Crippen LogP) is 5.46. The third-order valence-corrected chi connectivity index (χ3v) is 9.37. The number of amides is 1. The Morgan fingerprint density at radius 1 is 1.17 bits per heavy atom. The van der Waals surface area contributed by atoms with Crippen LogP contribution in [0.3, 0.4) is 0 Å². The second-order valence-corrected chi connectivity index (χ2v) is 11.0. The molecule has 1 aromatic heterocycles. The first kappa shape index (κ1) is 22.4. The van der Waals surface area contributed by atoms with E-state index in [0.29, 0.717) is 36.3 Å². The maximum absolute atomic E-state index is 13.9. The molecule has 1 aromatic carbocycles. The predicted molar refractivity (Wildman–Crippen MR) is 130 cm³/mol. The van der Waals surface area contributed by atoms with E-state index in [1.807, 2.05) is 12.1 Å². The van der Waals surface area contributed by atoms with Gasteiger partial charge >= 0.3 is 5.97 Å². The van der Waals surface area contributed by atoms with E-state index < -0.39 is 12.0 Å². The third kappa shape index (κ3) is 3.52. The lowest BCUT2D eigenvalue weighted by Crippen LogP contribution is -2.41. The number of aryl methyl sites for hydroxylation is 1. The summed E-state index contributed by atoms with van der Waals surface area (Å²) in [5.41, 5.74) is 5.40. The number of hydrogen-bond acceptors (Lipinski definition) is 3. The molecule has 1 N–H and O–H groups in total. The van der Waals surface area contributed by atoms with Gasteiger partial charge in [-0.2, -0.15) is 0 Å². The number of allylic oxidation sites excluding steroid dienone is 2. The van der Waals surface area contributed by atoms with Crippen molar-refractivity contribution in [3.05, 3.63) is 70.8 Å². The van der Waals surface area contributed by atoms with Crippen LogP contribution in [-0.4, -0.2) is 39.5 Å². The highest BCUT2D eigenvalue weighted by molar-refractivity contribution is 5.97. The molecule has 35 heavy (non-hydrogen) atoms. The standard InChI is InChI=1S/C29H31FN2O3/c1-29-11-10-22-21-6-5-18(27(33)32-12-2-3-26(32)28(34)35)13-17(21)4-7-23(22)25(29)9-8-24(29)19-14-20(30)16-31-15-19/h5-6,8,13-16,22-23,25-26H,2-4,7,9-12H2,1H3,(H,34,35)/t22?,23?,25?,26-,29-/m1/s1. The second-order valence-electron chi connectivity index (χ2n) is 11.0. The van der Waals surface area contributed by atoms with E-state index in [1.54, 1.807) is 12.3 Å². The zero-order valence-corrected chi connectivity index (χ0v) is 20.0. The van der Waals surface area contributed by atoms with E-state index in [4.69, 9.17) is 0 Å². The Kier molecular flexibility index (Phi) is 5.31. The van der Waals surface area contributed by atoms with E-state index in [0.717, 1.165) is 44.1 Å².